The van der Waals surface area contributed by atoms with Crippen molar-refractivity contribution in [3.8, 4) is 0 Å². The second-order valence-electron chi connectivity index (χ2n) is 4.37. The summed E-state index contributed by atoms with van der Waals surface area (Å²) >= 11 is 0. The van der Waals surface area contributed by atoms with Gasteiger partial charge in [-0.1, -0.05) is 6.07 Å². The molecule has 1 saturated heterocycles. The summed E-state index contributed by atoms with van der Waals surface area (Å²) in [6.07, 6.45) is 4.31. The lowest BCUT2D eigenvalue weighted by Crippen LogP contribution is -2.29. The molecule has 3 N–H and O–H groups in total. The molecule has 0 spiro atoms. The van der Waals surface area contributed by atoms with Gasteiger partial charge in [0.1, 0.15) is 11.6 Å². The lowest BCUT2D eigenvalue weighted by molar-refractivity contribution is 0.446. The van der Waals surface area contributed by atoms with Crippen LogP contribution in [-0.2, 0) is 0 Å². The number of pyridine rings is 1. The van der Waals surface area contributed by atoms with Crippen LogP contribution in [0.4, 0.5) is 5.82 Å². The highest BCUT2D eigenvalue weighted by atomic mass is 15.1. The Labute approximate surface area is 94.5 Å². The lowest BCUT2D eigenvalue weighted by atomic mass is 9.99. The Balaban J connectivity index is 2.09. The van der Waals surface area contributed by atoms with Crippen molar-refractivity contribution in [3.05, 3.63) is 30.2 Å². The van der Waals surface area contributed by atoms with Crippen LogP contribution < -0.4 is 11.1 Å². The number of nitrogens with two attached hydrogens (primary N) is 1. The number of nitrogens with one attached hydrogen (secondary N) is 1. The van der Waals surface area contributed by atoms with Crippen molar-refractivity contribution in [1.29, 1.82) is 0 Å². The molecule has 3 rings (SSSR count). The van der Waals surface area contributed by atoms with Gasteiger partial charge in [-0.05, 0) is 31.5 Å². The fourth-order valence-electron chi connectivity index (χ4n) is 2.46. The maximum Gasteiger partial charge on any atom is 0.119 e. The highest BCUT2D eigenvalue weighted by Crippen LogP contribution is 2.24. The summed E-state index contributed by atoms with van der Waals surface area (Å²) in [5, 5.41) is 3.41. The van der Waals surface area contributed by atoms with Crippen LogP contribution >= 0.6 is 0 Å². The van der Waals surface area contributed by atoms with E-state index in [2.05, 4.69) is 14.7 Å². The Hall–Kier alpha value is -1.55. The third kappa shape index (κ3) is 1.46. The average Bonchev–Trinajstić information content (AvgIpc) is 2.75. The number of hydrogen-bond donors (Lipinski definition) is 2. The minimum atomic E-state index is 0.487. The maximum absolute atomic E-state index is 6.01. The van der Waals surface area contributed by atoms with Gasteiger partial charge in [-0.15, -0.1) is 0 Å². The Kier molecular flexibility index (Phi) is 2.29. The van der Waals surface area contributed by atoms with Crippen LogP contribution in [0.15, 0.2) is 24.4 Å². The predicted octanol–water partition coefficient (Wildman–Crippen LogP) is 1.38. The van der Waals surface area contributed by atoms with E-state index < -0.39 is 0 Å². The summed E-state index contributed by atoms with van der Waals surface area (Å²) in [6, 6.07) is 5.94. The zero-order valence-electron chi connectivity index (χ0n) is 9.19. The van der Waals surface area contributed by atoms with Gasteiger partial charge in [0.2, 0.25) is 0 Å². The van der Waals surface area contributed by atoms with E-state index in [1.165, 1.54) is 12.8 Å². The Morgan fingerprint density at radius 1 is 1.44 bits per heavy atom. The molecule has 0 aromatic carbocycles. The molecule has 0 radical (unpaired) electrons. The van der Waals surface area contributed by atoms with E-state index in [0.717, 1.165) is 30.2 Å². The van der Waals surface area contributed by atoms with E-state index in [4.69, 9.17) is 5.73 Å². The molecule has 0 amide bonds. The van der Waals surface area contributed by atoms with Gasteiger partial charge in [-0.25, -0.2) is 4.98 Å². The zero-order chi connectivity index (χ0) is 11.0. The van der Waals surface area contributed by atoms with E-state index in [9.17, 15) is 0 Å². The molecule has 1 fully saturated rings. The van der Waals surface area contributed by atoms with Gasteiger partial charge in [0.15, 0.2) is 0 Å². The van der Waals surface area contributed by atoms with Crippen LogP contribution in [0.25, 0.3) is 5.52 Å². The van der Waals surface area contributed by atoms with Crippen LogP contribution in [0.3, 0.4) is 0 Å². The van der Waals surface area contributed by atoms with Crippen molar-refractivity contribution in [3.63, 3.8) is 0 Å². The number of nitrogen functional groups attached to an aromatic ring is 1. The van der Waals surface area contributed by atoms with Crippen LogP contribution in [0, 0.1) is 0 Å². The minimum Gasteiger partial charge on any atom is -0.385 e. The molecule has 0 aliphatic carbocycles. The van der Waals surface area contributed by atoms with Gasteiger partial charge in [-0.2, -0.15) is 0 Å². The molecular weight excluding hydrogens is 200 g/mol. The molecule has 2 aromatic rings. The normalized spacial score (nSPS) is 21.4. The summed E-state index contributed by atoms with van der Waals surface area (Å²) in [5.41, 5.74) is 7.09. The van der Waals surface area contributed by atoms with Crippen LogP contribution in [0.5, 0.6) is 0 Å². The molecule has 1 unspecified atom stereocenters. The first-order chi connectivity index (χ1) is 7.86. The van der Waals surface area contributed by atoms with E-state index >= 15 is 0 Å². The maximum atomic E-state index is 6.01. The van der Waals surface area contributed by atoms with E-state index in [1.807, 2.05) is 24.4 Å². The van der Waals surface area contributed by atoms with Crippen LogP contribution in [-0.4, -0.2) is 22.5 Å². The van der Waals surface area contributed by atoms with Crippen LogP contribution in [0.2, 0.25) is 0 Å². The largest absolute Gasteiger partial charge is 0.385 e. The quantitative estimate of drug-likeness (QED) is 0.757. The van der Waals surface area contributed by atoms with Gasteiger partial charge in [0, 0.05) is 12.5 Å². The highest BCUT2D eigenvalue weighted by molar-refractivity contribution is 5.53. The number of piperidine rings is 1. The molecule has 4 nitrogen and oxygen atoms in total. The number of fused-ring (bicyclic) bond motifs is 1. The number of anilines is 1. The molecule has 16 heavy (non-hydrogen) atoms. The summed E-state index contributed by atoms with van der Waals surface area (Å²) < 4.78 is 2.07. The van der Waals surface area contributed by atoms with Crippen molar-refractivity contribution in [2.24, 2.45) is 0 Å². The second kappa shape index (κ2) is 3.79. The highest BCUT2D eigenvalue weighted by Gasteiger charge is 2.20. The second-order valence-corrected chi connectivity index (χ2v) is 4.37. The molecule has 0 bridgehead atoms. The van der Waals surface area contributed by atoms with Gasteiger partial charge >= 0.3 is 0 Å². The molecule has 0 saturated carbocycles. The Bertz CT molecular complexity index is 497. The number of nitrogens with zero attached hydrogens (tertiary/aromatic N) is 2. The van der Waals surface area contributed by atoms with E-state index in [0.29, 0.717) is 5.92 Å². The topological polar surface area (TPSA) is 55.3 Å². The SMILES string of the molecule is Nc1cccc2cnc(C3CCCNC3)n12. The molecule has 1 atom stereocenters. The monoisotopic (exact) mass is 216 g/mol. The summed E-state index contributed by atoms with van der Waals surface area (Å²) in [4.78, 5) is 4.52. The van der Waals surface area contributed by atoms with Crippen molar-refractivity contribution < 1.29 is 0 Å². The summed E-state index contributed by atoms with van der Waals surface area (Å²) in [7, 11) is 0. The summed E-state index contributed by atoms with van der Waals surface area (Å²) in [5.74, 6) is 2.36. The van der Waals surface area contributed by atoms with Gasteiger partial charge in [0.25, 0.3) is 0 Å². The molecule has 1 aliphatic rings. The van der Waals surface area contributed by atoms with Crippen molar-refractivity contribution in [1.82, 2.24) is 14.7 Å². The Morgan fingerprint density at radius 2 is 2.38 bits per heavy atom. The van der Waals surface area contributed by atoms with E-state index in [1.54, 1.807) is 0 Å². The predicted molar refractivity (Wildman–Crippen MR) is 64.4 cm³/mol. The molecule has 3 heterocycles. The third-order valence-electron chi connectivity index (χ3n) is 3.27. The molecule has 1 aliphatic heterocycles. The fourth-order valence-corrected chi connectivity index (χ4v) is 2.46. The summed E-state index contributed by atoms with van der Waals surface area (Å²) in [6.45, 7) is 2.13. The Morgan fingerprint density at radius 3 is 3.19 bits per heavy atom. The zero-order valence-corrected chi connectivity index (χ0v) is 9.19. The first-order valence-electron chi connectivity index (χ1n) is 5.79. The number of aromatic nitrogens is 2. The van der Waals surface area contributed by atoms with Crippen molar-refractivity contribution >= 4 is 11.3 Å². The number of rotatable bonds is 1. The molecule has 84 valence electrons. The first kappa shape index (κ1) is 9.66. The minimum absolute atomic E-state index is 0.487. The van der Waals surface area contributed by atoms with E-state index in [-0.39, 0.29) is 0 Å². The van der Waals surface area contributed by atoms with Crippen molar-refractivity contribution in [2.75, 3.05) is 18.8 Å². The molecular formula is C12H16N4. The standard InChI is InChI=1S/C12H16N4/c13-11-5-1-4-10-8-15-12(16(10)11)9-3-2-6-14-7-9/h1,4-5,8-9,14H,2-3,6-7,13H2. The first-order valence-corrected chi connectivity index (χ1v) is 5.79. The number of imidazole rings is 1. The number of hydrogen-bond acceptors (Lipinski definition) is 3. The molecule has 2 aromatic heterocycles. The fraction of sp³-hybridized carbons (Fsp3) is 0.417. The van der Waals surface area contributed by atoms with Gasteiger partial charge in [0.05, 0.1) is 11.7 Å². The van der Waals surface area contributed by atoms with Crippen molar-refractivity contribution in [2.45, 2.75) is 18.8 Å². The third-order valence-corrected chi connectivity index (χ3v) is 3.27. The smallest absolute Gasteiger partial charge is 0.119 e. The molecule has 4 heteroatoms. The van der Waals surface area contributed by atoms with Gasteiger partial charge in [-0.3, -0.25) is 4.40 Å². The lowest BCUT2D eigenvalue weighted by Gasteiger charge is -2.22. The van der Waals surface area contributed by atoms with Crippen LogP contribution in [0.1, 0.15) is 24.6 Å². The van der Waals surface area contributed by atoms with Gasteiger partial charge < -0.3 is 11.1 Å². The average molecular weight is 216 g/mol.